The molecule has 0 saturated heterocycles. The molecule has 25 heavy (non-hydrogen) atoms. The molecule has 0 aromatic heterocycles. The van der Waals surface area contributed by atoms with Crippen LogP contribution in [0.3, 0.4) is 0 Å². The van der Waals surface area contributed by atoms with Crippen LogP contribution in [-0.2, 0) is 9.59 Å². The first-order valence-electron chi connectivity index (χ1n) is 8.21. The van der Waals surface area contributed by atoms with Crippen LogP contribution in [0.2, 0.25) is 5.02 Å². The van der Waals surface area contributed by atoms with Gasteiger partial charge in [-0.25, -0.2) is 0 Å². The van der Waals surface area contributed by atoms with Crippen LogP contribution in [0.15, 0.2) is 48.5 Å². The molecule has 2 aromatic rings. The fourth-order valence-electron chi connectivity index (χ4n) is 2.49. The number of amides is 2. The van der Waals surface area contributed by atoms with Gasteiger partial charge in [-0.2, -0.15) is 0 Å². The van der Waals surface area contributed by atoms with E-state index in [0.717, 1.165) is 11.3 Å². The van der Waals surface area contributed by atoms with E-state index >= 15 is 0 Å². The Labute approximate surface area is 153 Å². The Morgan fingerprint density at radius 1 is 1.12 bits per heavy atom. The summed E-state index contributed by atoms with van der Waals surface area (Å²) in [6.45, 7) is 7.63. The standard InChI is InChI=1S/C20H23ClN2O2/c1-5-23(17-8-6-7-14(2)13-17)19(25)20(3,4)18(24)22-16-11-9-15(21)10-12-16/h6-13H,5H2,1-4H3,(H,22,24). The molecule has 2 rings (SSSR count). The monoisotopic (exact) mass is 358 g/mol. The van der Waals surface area contributed by atoms with Crippen molar-refractivity contribution in [1.82, 2.24) is 0 Å². The highest BCUT2D eigenvalue weighted by atomic mass is 35.5. The van der Waals surface area contributed by atoms with Gasteiger partial charge in [-0.1, -0.05) is 23.7 Å². The van der Waals surface area contributed by atoms with Gasteiger partial charge in [-0.15, -0.1) is 0 Å². The normalized spacial score (nSPS) is 11.1. The predicted molar refractivity (Wildman–Crippen MR) is 103 cm³/mol. The number of anilines is 2. The lowest BCUT2D eigenvalue weighted by atomic mass is 9.89. The van der Waals surface area contributed by atoms with Gasteiger partial charge in [-0.3, -0.25) is 9.59 Å². The van der Waals surface area contributed by atoms with E-state index in [2.05, 4.69) is 5.32 Å². The van der Waals surface area contributed by atoms with Gasteiger partial charge in [0.2, 0.25) is 11.8 Å². The zero-order valence-electron chi connectivity index (χ0n) is 15.0. The van der Waals surface area contributed by atoms with Crippen molar-refractivity contribution in [3.8, 4) is 0 Å². The highest BCUT2D eigenvalue weighted by Gasteiger charge is 2.39. The third kappa shape index (κ3) is 4.40. The van der Waals surface area contributed by atoms with Gasteiger partial charge in [0.25, 0.3) is 0 Å². The van der Waals surface area contributed by atoms with E-state index < -0.39 is 5.41 Å². The summed E-state index contributed by atoms with van der Waals surface area (Å²) in [4.78, 5) is 27.4. The summed E-state index contributed by atoms with van der Waals surface area (Å²) >= 11 is 5.86. The Balaban J connectivity index is 2.22. The zero-order valence-corrected chi connectivity index (χ0v) is 15.7. The second-order valence-electron chi connectivity index (χ2n) is 6.47. The highest BCUT2D eigenvalue weighted by molar-refractivity contribution is 6.30. The van der Waals surface area contributed by atoms with Crippen molar-refractivity contribution < 1.29 is 9.59 Å². The smallest absolute Gasteiger partial charge is 0.242 e. The molecule has 1 N–H and O–H groups in total. The van der Waals surface area contributed by atoms with E-state index in [9.17, 15) is 9.59 Å². The molecule has 0 radical (unpaired) electrons. The number of hydrogen-bond donors (Lipinski definition) is 1. The quantitative estimate of drug-likeness (QED) is 0.790. The SMILES string of the molecule is CCN(C(=O)C(C)(C)C(=O)Nc1ccc(Cl)cc1)c1cccc(C)c1. The van der Waals surface area contributed by atoms with Gasteiger partial charge in [0.1, 0.15) is 5.41 Å². The van der Waals surface area contributed by atoms with Gasteiger partial charge < -0.3 is 10.2 Å². The van der Waals surface area contributed by atoms with Gasteiger partial charge in [0.05, 0.1) is 0 Å². The van der Waals surface area contributed by atoms with Crippen LogP contribution in [-0.4, -0.2) is 18.4 Å². The number of benzene rings is 2. The minimum Gasteiger partial charge on any atom is -0.325 e. The van der Waals surface area contributed by atoms with Gasteiger partial charge in [0, 0.05) is 22.9 Å². The first-order chi connectivity index (χ1) is 11.8. The molecule has 5 heteroatoms. The number of carbonyl (C=O) groups excluding carboxylic acids is 2. The molecule has 132 valence electrons. The number of aryl methyl sites for hydroxylation is 1. The number of hydrogen-bond acceptors (Lipinski definition) is 2. The molecule has 0 atom stereocenters. The Kier molecular flexibility index (Phi) is 5.85. The summed E-state index contributed by atoms with van der Waals surface area (Å²) in [5.74, 6) is -0.599. The van der Waals surface area contributed by atoms with Crippen LogP contribution in [0.1, 0.15) is 26.3 Å². The Morgan fingerprint density at radius 2 is 1.76 bits per heavy atom. The molecular formula is C20H23ClN2O2. The molecule has 0 aliphatic carbocycles. The van der Waals surface area contributed by atoms with Crippen LogP contribution in [0.5, 0.6) is 0 Å². The van der Waals surface area contributed by atoms with Crippen molar-refractivity contribution in [2.75, 3.05) is 16.8 Å². The van der Waals surface area contributed by atoms with E-state index in [1.165, 1.54) is 0 Å². The maximum absolute atomic E-state index is 13.0. The number of nitrogens with one attached hydrogen (secondary N) is 1. The second kappa shape index (κ2) is 7.70. The fourth-order valence-corrected chi connectivity index (χ4v) is 2.62. The molecule has 0 aliphatic heterocycles. The Morgan fingerprint density at radius 3 is 2.32 bits per heavy atom. The zero-order chi connectivity index (χ0) is 18.6. The topological polar surface area (TPSA) is 49.4 Å². The van der Waals surface area contributed by atoms with Crippen molar-refractivity contribution in [2.45, 2.75) is 27.7 Å². The summed E-state index contributed by atoms with van der Waals surface area (Å²) < 4.78 is 0. The largest absolute Gasteiger partial charge is 0.325 e. The summed E-state index contributed by atoms with van der Waals surface area (Å²) in [5, 5.41) is 3.37. The number of nitrogens with zero attached hydrogens (tertiary/aromatic N) is 1. The lowest BCUT2D eigenvalue weighted by Crippen LogP contribution is -2.47. The van der Waals surface area contributed by atoms with Crippen LogP contribution < -0.4 is 10.2 Å². The summed E-state index contributed by atoms with van der Waals surface area (Å²) in [6.07, 6.45) is 0. The van der Waals surface area contributed by atoms with Crippen LogP contribution in [0, 0.1) is 12.3 Å². The van der Waals surface area contributed by atoms with Gasteiger partial charge in [0.15, 0.2) is 0 Å². The van der Waals surface area contributed by atoms with Crippen LogP contribution in [0.25, 0.3) is 0 Å². The average molecular weight is 359 g/mol. The molecule has 4 nitrogen and oxygen atoms in total. The second-order valence-corrected chi connectivity index (χ2v) is 6.91. The molecule has 0 heterocycles. The third-order valence-corrected chi connectivity index (χ3v) is 4.33. The van der Waals surface area contributed by atoms with Crippen molar-refractivity contribution in [3.63, 3.8) is 0 Å². The third-order valence-electron chi connectivity index (χ3n) is 4.08. The molecule has 0 unspecified atom stereocenters. The van der Waals surface area contributed by atoms with Crippen molar-refractivity contribution in [2.24, 2.45) is 5.41 Å². The van der Waals surface area contributed by atoms with Crippen LogP contribution in [0.4, 0.5) is 11.4 Å². The Bertz CT molecular complexity index is 770. The molecule has 0 spiro atoms. The van der Waals surface area contributed by atoms with Crippen molar-refractivity contribution in [3.05, 3.63) is 59.1 Å². The molecule has 0 saturated carbocycles. The first-order valence-corrected chi connectivity index (χ1v) is 8.59. The molecular weight excluding hydrogens is 336 g/mol. The van der Waals surface area contributed by atoms with Gasteiger partial charge in [-0.05, 0) is 69.7 Å². The lowest BCUT2D eigenvalue weighted by molar-refractivity contribution is -0.136. The number of rotatable bonds is 5. The molecule has 2 amide bonds. The van der Waals surface area contributed by atoms with Gasteiger partial charge >= 0.3 is 0 Å². The average Bonchev–Trinajstić information content (AvgIpc) is 2.57. The summed E-state index contributed by atoms with van der Waals surface area (Å²) in [5.41, 5.74) is 1.25. The molecule has 0 aliphatic rings. The fraction of sp³-hybridized carbons (Fsp3) is 0.300. The van der Waals surface area contributed by atoms with Crippen molar-refractivity contribution >= 4 is 34.8 Å². The molecule has 0 fully saturated rings. The van der Waals surface area contributed by atoms with Crippen LogP contribution >= 0.6 is 11.6 Å². The maximum Gasteiger partial charge on any atom is 0.242 e. The summed E-state index contributed by atoms with van der Waals surface area (Å²) in [7, 11) is 0. The van der Waals surface area contributed by atoms with E-state index in [-0.39, 0.29) is 11.8 Å². The van der Waals surface area contributed by atoms with Crippen molar-refractivity contribution in [1.29, 1.82) is 0 Å². The Hall–Kier alpha value is -2.33. The minimum absolute atomic E-state index is 0.243. The van der Waals surface area contributed by atoms with E-state index in [1.807, 2.05) is 38.1 Å². The lowest BCUT2D eigenvalue weighted by Gasteiger charge is -2.30. The summed E-state index contributed by atoms with van der Waals surface area (Å²) in [6, 6.07) is 14.5. The number of halogens is 1. The maximum atomic E-state index is 13.0. The number of carbonyl (C=O) groups is 2. The highest BCUT2D eigenvalue weighted by Crippen LogP contribution is 2.26. The van der Waals surface area contributed by atoms with E-state index in [1.54, 1.807) is 43.0 Å². The van der Waals surface area contributed by atoms with E-state index in [4.69, 9.17) is 11.6 Å². The molecule has 0 bridgehead atoms. The molecule has 2 aromatic carbocycles. The first kappa shape index (κ1) is 19.0. The van der Waals surface area contributed by atoms with E-state index in [0.29, 0.717) is 17.3 Å². The predicted octanol–water partition coefficient (Wildman–Crippen LogP) is 4.67. The minimum atomic E-state index is -1.21.